The lowest BCUT2D eigenvalue weighted by Gasteiger charge is -2.21. The van der Waals surface area contributed by atoms with Gasteiger partial charge in [0.2, 0.25) is 0 Å². The summed E-state index contributed by atoms with van der Waals surface area (Å²) in [4.78, 5) is 24.2. The van der Waals surface area contributed by atoms with Crippen molar-refractivity contribution >= 4 is 22.7 Å². The fourth-order valence-corrected chi connectivity index (χ4v) is 5.74. The molecule has 2 aromatic rings. The first-order chi connectivity index (χ1) is 21.7. The van der Waals surface area contributed by atoms with Crippen molar-refractivity contribution in [3.63, 3.8) is 0 Å². The van der Waals surface area contributed by atoms with Crippen molar-refractivity contribution in [1.29, 1.82) is 0 Å². The molecule has 4 rings (SSSR count). The Morgan fingerprint density at radius 2 is 1.15 bits per heavy atom. The van der Waals surface area contributed by atoms with Crippen LogP contribution in [0.3, 0.4) is 0 Å². The quantitative estimate of drug-likeness (QED) is 0.136. The third-order valence-corrected chi connectivity index (χ3v) is 8.06. The summed E-state index contributed by atoms with van der Waals surface area (Å²) in [6.45, 7) is 21.0. The maximum absolute atomic E-state index is 12.2. The molecule has 4 nitrogen and oxygen atoms in total. The molecule has 0 bridgehead atoms. The number of aryl methyl sites for hydroxylation is 2. The molecule has 46 heavy (non-hydrogen) atoms. The largest absolute Gasteiger partial charge is 0.424 e. The number of carbonyl (C=O) groups excluding carboxylic acids is 2. The van der Waals surface area contributed by atoms with Gasteiger partial charge in [0, 0.05) is 22.0 Å². The minimum Gasteiger partial charge on any atom is -0.424 e. The van der Waals surface area contributed by atoms with Crippen LogP contribution in [-0.2, 0) is 31.9 Å². The van der Waals surface area contributed by atoms with Gasteiger partial charge in [-0.3, -0.25) is 0 Å². The van der Waals surface area contributed by atoms with Gasteiger partial charge in [0.15, 0.2) is 0 Å². The van der Waals surface area contributed by atoms with Crippen molar-refractivity contribution in [1.82, 2.24) is 0 Å². The zero-order valence-electron chi connectivity index (χ0n) is 28.0. The van der Waals surface area contributed by atoms with E-state index in [9.17, 15) is 9.59 Å². The van der Waals surface area contributed by atoms with Gasteiger partial charge in [0.1, 0.15) is 11.5 Å². The van der Waals surface area contributed by atoms with Crippen molar-refractivity contribution in [2.24, 2.45) is 10.8 Å². The van der Waals surface area contributed by atoms with Gasteiger partial charge in [-0.15, -0.1) is 6.58 Å². The number of rotatable bonds is 12. The molecule has 0 radical (unpaired) electrons. The number of allylic oxidation sites excluding steroid dienone is 11. The number of hydrogen-bond donors (Lipinski definition) is 0. The van der Waals surface area contributed by atoms with Gasteiger partial charge in [0.05, 0.1) is 0 Å². The Balaban J connectivity index is 1.40. The summed E-state index contributed by atoms with van der Waals surface area (Å²) in [5.74, 6) is 0.254. The number of esters is 2. The molecule has 1 atom stereocenters. The fraction of sp³-hybridized carbons (Fsp3) is 0.286. The van der Waals surface area contributed by atoms with E-state index in [-0.39, 0.29) is 10.8 Å². The van der Waals surface area contributed by atoms with Gasteiger partial charge in [0.25, 0.3) is 0 Å². The molecule has 0 saturated heterocycles. The molecule has 0 aliphatic heterocycles. The molecule has 0 aromatic heterocycles. The summed E-state index contributed by atoms with van der Waals surface area (Å²) in [6, 6.07) is 13.4. The highest BCUT2D eigenvalue weighted by Gasteiger charge is 2.22. The van der Waals surface area contributed by atoms with E-state index < -0.39 is 11.9 Å². The molecule has 0 N–H and O–H groups in total. The van der Waals surface area contributed by atoms with Crippen LogP contribution in [0.5, 0.6) is 0 Å². The molecule has 1 unspecified atom stereocenters. The van der Waals surface area contributed by atoms with Crippen LogP contribution in [0.15, 0.2) is 145 Å². The van der Waals surface area contributed by atoms with Crippen LogP contribution in [0.25, 0.3) is 10.8 Å². The van der Waals surface area contributed by atoms with E-state index >= 15 is 0 Å². The van der Waals surface area contributed by atoms with E-state index in [0.717, 1.165) is 32.1 Å². The Kier molecular flexibility index (Phi) is 10.8. The van der Waals surface area contributed by atoms with Gasteiger partial charge in [-0.2, -0.15) is 0 Å². The first kappa shape index (κ1) is 34.2. The third-order valence-electron chi connectivity index (χ3n) is 8.06. The highest BCUT2D eigenvalue weighted by atomic mass is 16.5. The van der Waals surface area contributed by atoms with Gasteiger partial charge in [-0.25, -0.2) is 9.59 Å². The van der Waals surface area contributed by atoms with E-state index in [1.807, 2.05) is 42.5 Å². The second-order valence-corrected chi connectivity index (χ2v) is 13.4. The normalized spacial score (nSPS) is 18.7. The predicted molar refractivity (Wildman–Crippen MR) is 190 cm³/mol. The molecule has 0 amide bonds. The summed E-state index contributed by atoms with van der Waals surface area (Å²) >= 11 is 0. The van der Waals surface area contributed by atoms with E-state index in [1.54, 1.807) is 13.8 Å². The van der Waals surface area contributed by atoms with Crippen molar-refractivity contribution < 1.29 is 19.1 Å². The Morgan fingerprint density at radius 1 is 0.674 bits per heavy atom. The standard InChI is InChI=1S/C42H46O4/c1-9-22-42(8)26-34(17-21-38(28-42)46-40(44)30(4)5)13-11-32-15-19-35-23-31(14-18-36(35)24-32)10-12-33-16-20-37(27-41(6,7)25-33)45-39(43)29(2)3/h9,14-21,23-28H,1-2,4,10-13,22H2,3,5-8H3. The van der Waals surface area contributed by atoms with Gasteiger partial charge in [-0.1, -0.05) is 112 Å². The minimum absolute atomic E-state index is 0.244. The van der Waals surface area contributed by atoms with E-state index in [4.69, 9.17) is 9.47 Å². The summed E-state index contributed by atoms with van der Waals surface area (Å²) < 4.78 is 11.1. The average Bonchev–Trinajstić information content (AvgIpc) is 3.24. The smallest absolute Gasteiger partial charge is 0.338 e. The molecule has 0 heterocycles. The number of ether oxygens (including phenoxy) is 2. The topological polar surface area (TPSA) is 52.6 Å². The highest BCUT2D eigenvalue weighted by molar-refractivity contribution is 5.88. The van der Waals surface area contributed by atoms with Gasteiger partial charge >= 0.3 is 11.9 Å². The van der Waals surface area contributed by atoms with Crippen molar-refractivity contribution in [3.05, 3.63) is 156 Å². The molecular weight excluding hydrogens is 568 g/mol. The first-order valence-electron chi connectivity index (χ1n) is 15.9. The van der Waals surface area contributed by atoms with Crippen LogP contribution in [-0.4, -0.2) is 11.9 Å². The predicted octanol–water partition coefficient (Wildman–Crippen LogP) is 10.3. The Morgan fingerprint density at radius 3 is 1.63 bits per heavy atom. The Bertz CT molecular complexity index is 1750. The summed E-state index contributed by atoms with van der Waals surface area (Å²) in [5.41, 5.74) is 5.16. The zero-order chi connectivity index (χ0) is 33.5. The number of hydrogen-bond acceptors (Lipinski definition) is 4. The molecule has 0 saturated carbocycles. The Hall–Kier alpha value is -4.70. The van der Waals surface area contributed by atoms with Crippen LogP contribution in [0.2, 0.25) is 0 Å². The lowest BCUT2D eigenvalue weighted by molar-refractivity contribution is -0.135. The van der Waals surface area contributed by atoms with E-state index in [1.165, 1.54) is 33.0 Å². The van der Waals surface area contributed by atoms with Crippen LogP contribution >= 0.6 is 0 Å². The fourth-order valence-electron chi connectivity index (χ4n) is 5.74. The molecule has 238 valence electrons. The summed E-state index contributed by atoms with van der Waals surface area (Å²) in [7, 11) is 0. The van der Waals surface area contributed by atoms with Crippen LogP contribution in [0.4, 0.5) is 0 Å². The molecule has 0 spiro atoms. The second-order valence-electron chi connectivity index (χ2n) is 13.4. The van der Waals surface area contributed by atoms with Crippen LogP contribution in [0.1, 0.15) is 65.0 Å². The van der Waals surface area contributed by atoms with Crippen molar-refractivity contribution in [2.75, 3.05) is 0 Å². The molecule has 2 aliphatic rings. The summed E-state index contributed by atoms with van der Waals surface area (Å²) in [5, 5.41) is 2.45. The minimum atomic E-state index is -0.420. The van der Waals surface area contributed by atoms with Crippen molar-refractivity contribution in [2.45, 2.75) is 66.7 Å². The molecular formula is C42H46O4. The number of benzene rings is 2. The first-order valence-corrected chi connectivity index (χ1v) is 15.9. The number of fused-ring (bicyclic) bond motifs is 1. The summed E-state index contributed by atoms with van der Waals surface area (Å²) in [6.07, 6.45) is 22.5. The van der Waals surface area contributed by atoms with Crippen molar-refractivity contribution in [3.8, 4) is 0 Å². The van der Waals surface area contributed by atoms with Gasteiger partial charge < -0.3 is 9.47 Å². The van der Waals surface area contributed by atoms with Crippen LogP contribution < -0.4 is 0 Å². The lowest BCUT2D eigenvalue weighted by atomic mass is 9.84. The molecule has 4 heteroatoms. The molecule has 2 aliphatic carbocycles. The Labute approximate surface area is 274 Å². The SMILES string of the molecule is C=CCC1(C)C=C(CCc2ccc3cc(CCC4=CC(C)(C)C=C(OC(=O)C(=C)C)C=C4)ccc3c2)C=CC(OC(=O)C(=C)C)=C1. The van der Waals surface area contributed by atoms with E-state index in [2.05, 4.69) is 89.1 Å². The lowest BCUT2D eigenvalue weighted by Crippen LogP contribution is -2.11. The highest BCUT2D eigenvalue weighted by Crippen LogP contribution is 2.34. The van der Waals surface area contributed by atoms with E-state index in [0.29, 0.717) is 22.7 Å². The maximum Gasteiger partial charge on any atom is 0.338 e. The molecule has 0 fully saturated rings. The second kappa shape index (κ2) is 14.6. The number of carbonyl (C=O) groups is 2. The monoisotopic (exact) mass is 614 g/mol. The zero-order valence-corrected chi connectivity index (χ0v) is 28.0. The van der Waals surface area contributed by atoms with Gasteiger partial charge in [-0.05, 0) is 92.2 Å². The molecule has 2 aromatic carbocycles. The average molecular weight is 615 g/mol. The van der Waals surface area contributed by atoms with Crippen LogP contribution in [0, 0.1) is 10.8 Å². The maximum atomic E-state index is 12.2. The third kappa shape index (κ3) is 9.65.